The average Bonchev–Trinajstić information content (AvgIpc) is 2.41. The van der Waals surface area contributed by atoms with Crippen LogP contribution in [0.5, 0.6) is 5.75 Å². The number of methoxy groups -OCH3 is 1. The fourth-order valence-corrected chi connectivity index (χ4v) is 1.77. The van der Waals surface area contributed by atoms with E-state index < -0.39 is 0 Å². The lowest BCUT2D eigenvalue weighted by molar-refractivity contribution is 0.102. The minimum Gasteiger partial charge on any atom is -0.497 e. The molecule has 0 aliphatic carbocycles. The number of nitrogens with two attached hydrogens (primary N) is 1. The van der Waals surface area contributed by atoms with Crippen molar-refractivity contribution in [2.45, 2.75) is 0 Å². The number of nitrogen functional groups attached to an aromatic ring is 1. The fourth-order valence-electron chi connectivity index (χ4n) is 1.60. The van der Waals surface area contributed by atoms with Crippen molar-refractivity contribution in [3.63, 3.8) is 0 Å². The molecule has 19 heavy (non-hydrogen) atoms. The van der Waals surface area contributed by atoms with Gasteiger partial charge in [0.05, 0.1) is 17.8 Å². The van der Waals surface area contributed by atoms with E-state index in [1.54, 1.807) is 49.6 Å². The Morgan fingerprint density at radius 2 is 2.05 bits per heavy atom. The molecule has 0 unspecified atom stereocenters. The zero-order chi connectivity index (χ0) is 13.8. The quantitative estimate of drug-likeness (QED) is 0.846. The van der Waals surface area contributed by atoms with E-state index in [-0.39, 0.29) is 5.91 Å². The Bertz CT molecular complexity index is 614. The highest BCUT2D eigenvalue weighted by Gasteiger charge is 2.09. The molecular weight excluding hydrogens is 264 g/mol. The Hall–Kier alpha value is -2.20. The van der Waals surface area contributed by atoms with Crippen LogP contribution in [0.1, 0.15) is 10.4 Å². The number of carbonyl (C=O) groups excluding carboxylic acids is 1. The van der Waals surface area contributed by atoms with Gasteiger partial charge in [0.1, 0.15) is 5.75 Å². The summed E-state index contributed by atoms with van der Waals surface area (Å²) >= 11 is 6.02. The molecule has 0 saturated heterocycles. The Labute approximate surface area is 116 Å². The SMILES string of the molecule is COc1ccc(Cl)c(NC(=O)c2cccc(N)c2)c1. The number of amides is 1. The molecule has 2 rings (SSSR count). The van der Waals surface area contributed by atoms with Gasteiger partial charge < -0.3 is 15.8 Å². The molecule has 0 aromatic heterocycles. The molecule has 0 aliphatic heterocycles. The van der Waals surface area contributed by atoms with Gasteiger partial charge in [-0.05, 0) is 30.3 Å². The number of halogens is 1. The summed E-state index contributed by atoms with van der Waals surface area (Å²) in [5, 5.41) is 3.16. The Morgan fingerprint density at radius 3 is 2.74 bits per heavy atom. The molecule has 0 atom stereocenters. The lowest BCUT2D eigenvalue weighted by atomic mass is 10.2. The van der Waals surface area contributed by atoms with Gasteiger partial charge in [0.15, 0.2) is 0 Å². The summed E-state index contributed by atoms with van der Waals surface area (Å²) in [6.07, 6.45) is 0. The van der Waals surface area contributed by atoms with Crippen LogP contribution in [0.25, 0.3) is 0 Å². The van der Waals surface area contributed by atoms with Gasteiger partial charge in [-0.25, -0.2) is 0 Å². The molecule has 2 aromatic rings. The predicted molar refractivity (Wildman–Crippen MR) is 76.8 cm³/mol. The van der Waals surface area contributed by atoms with Crippen molar-refractivity contribution in [1.82, 2.24) is 0 Å². The molecule has 2 aromatic carbocycles. The molecule has 0 aliphatic rings. The van der Waals surface area contributed by atoms with E-state index >= 15 is 0 Å². The third kappa shape index (κ3) is 3.17. The molecule has 0 saturated carbocycles. The van der Waals surface area contributed by atoms with Crippen LogP contribution in [-0.4, -0.2) is 13.0 Å². The van der Waals surface area contributed by atoms with Crippen LogP contribution in [0, 0.1) is 0 Å². The van der Waals surface area contributed by atoms with Gasteiger partial charge in [-0.15, -0.1) is 0 Å². The first kappa shape index (κ1) is 13.2. The number of hydrogen-bond donors (Lipinski definition) is 2. The number of carbonyl (C=O) groups is 1. The third-order valence-corrected chi connectivity index (χ3v) is 2.90. The van der Waals surface area contributed by atoms with E-state index in [9.17, 15) is 4.79 Å². The minimum absolute atomic E-state index is 0.276. The third-order valence-electron chi connectivity index (χ3n) is 2.57. The Morgan fingerprint density at radius 1 is 1.26 bits per heavy atom. The molecule has 0 heterocycles. The lowest BCUT2D eigenvalue weighted by Crippen LogP contribution is -2.12. The molecule has 0 fully saturated rings. The number of hydrogen-bond acceptors (Lipinski definition) is 3. The Balaban J connectivity index is 2.23. The van der Waals surface area contributed by atoms with E-state index in [1.807, 2.05) is 0 Å². The maximum atomic E-state index is 12.1. The summed E-state index contributed by atoms with van der Waals surface area (Å²) in [7, 11) is 1.55. The monoisotopic (exact) mass is 276 g/mol. The molecule has 3 N–H and O–H groups in total. The van der Waals surface area contributed by atoms with E-state index in [1.165, 1.54) is 0 Å². The highest BCUT2D eigenvalue weighted by Crippen LogP contribution is 2.27. The standard InChI is InChI=1S/C14H13ClN2O2/c1-19-11-5-6-12(15)13(8-11)17-14(18)9-3-2-4-10(16)7-9/h2-8H,16H2,1H3,(H,17,18). The zero-order valence-electron chi connectivity index (χ0n) is 10.3. The summed E-state index contributed by atoms with van der Waals surface area (Å²) in [6, 6.07) is 11.8. The van der Waals surface area contributed by atoms with Gasteiger partial charge in [0.2, 0.25) is 0 Å². The number of benzene rings is 2. The first-order valence-electron chi connectivity index (χ1n) is 5.60. The van der Waals surface area contributed by atoms with Crippen molar-refractivity contribution in [3.8, 4) is 5.75 Å². The van der Waals surface area contributed by atoms with Gasteiger partial charge in [-0.2, -0.15) is 0 Å². The second-order valence-corrected chi connectivity index (χ2v) is 4.33. The number of nitrogens with one attached hydrogen (secondary N) is 1. The van der Waals surface area contributed by atoms with E-state index in [0.717, 1.165) is 0 Å². The van der Waals surface area contributed by atoms with Crippen LogP contribution in [0.3, 0.4) is 0 Å². The summed E-state index contributed by atoms with van der Waals surface area (Å²) in [4.78, 5) is 12.1. The smallest absolute Gasteiger partial charge is 0.255 e. The van der Waals surface area contributed by atoms with Gasteiger partial charge in [-0.1, -0.05) is 17.7 Å². The summed E-state index contributed by atoms with van der Waals surface area (Å²) in [6.45, 7) is 0. The zero-order valence-corrected chi connectivity index (χ0v) is 11.1. The van der Waals surface area contributed by atoms with Gasteiger partial charge in [0.25, 0.3) is 5.91 Å². The fraction of sp³-hybridized carbons (Fsp3) is 0.0714. The normalized spacial score (nSPS) is 10.0. The summed E-state index contributed by atoms with van der Waals surface area (Å²) < 4.78 is 5.09. The van der Waals surface area contributed by atoms with E-state index in [2.05, 4.69) is 5.32 Å². The van der Waals surface area contributed by atoms with Gasteiger partial charge >= 0.3 is 0 Å². The largest absolute Gasteiger partial charge is 0.497 e. The van der Waals surface area contributed by atoms with E-state index in [4.69, 9.17) is 22.1 Å². The van der Waals surface area contributed by atoms with Crippen LogP contribution in [0.15, 0.2) is 42.5 Å². The predicted octanol–water partition coefficient (Wildman–Crippen LogP) is 3.18. The van der Waals surface area contributed by atoms with Crippen LogP contribution in [-0.2, 0) is 0 Å². The Kier molecular flexibility index (Phi) is 3.92. The number of rotatable bonds is 3. The lowest BCUT2D eigenvalue weighted by Gasteiger charge is -2.09. The van der Waals surface area contributed by atoms with Crippen molar-refractivity contribution < 1.29 is 9.53 Å². The molecule has 4 nitrogen and oxygen atoms in total. The average molecular weight is 277 g/mol. The van der Waals surface area contributed by atoms with Gasteiger partial charge in [-0.3, -0.25) is 4.79 Å². The van der Waals surface area contributed by atoms with Crippen LogP contribution >= 0.6 is 11.6 Å². The second-order valence-electron chi connectivity index (χ2n) is 3.93. The maximum absolute atomic E-state index is 12.1. The second kappa shape index (κ2) is 5.63. The molecule has 5 heteroatoms. The van der Waals surface area contributed by atoms with Crippen LogP contribution in [0.4, 0.5) is 11.4 Å². The van der Waals surface area contributed by atoms with Crippen molar-refractivity contribution in [3.05, 3.63) is 53.1 Å². The first-order chi connectivity index (χ1) is 9.10. The maximum Gasteiger partial charge on any atom is 0.255 e. The number of anilines is 2. The highest BCUT2D eigenvalue weighted by atomic mass is 35.5. The summed E-state index contributed by atoms with van der Waals surface area (Å²) in [5.41, 5.74) is 7.14. The van der Waals surface area contributed by atoms with Crippen molar-refractivity contribution >= 4 is 28.9 Å². The van der Waals surface area contributed by atoms with Crippen molar-refractivity contribution in [1.29, 1.82) is 0 Å². The molecule has 98 valence electrons. The highest BCUT2D eigenvalue weighted by molar-refractivity contribution is 6.34. The first-order valence-corrected chi connectivity index (χ1v) is 5.98. The summed E-state index contributed by atoms with van der Waals surface area (Å²) in [5.74, 6) is 0.342. The van der Waals surface area contributed by atoms with Crippen LogP contribution < -0.4 is 15.8 Å². The number of ether oxygens (including phenoxy) is 1. The minimum atomic E-state index is -0.276. The van der Waals surface area contributed by atoms with Gasteiger partial charge in [0, 0.05) is 17.3 Å². The van der Waals surface area contributed by atoms with E-state index in [0.29, 0.717) is 27.7 Å². The van der Waals surface area contributed by atoms with Crippen LogP contribution in [0.2, 0.25) is 5.02 Å². The van der Waals surface area contributed by atoms with Crippen molar-refractivity contribution in [2.24, 2.45) is 0 Å². The molecule has 0 radical (unpaired) electrons. The molecule has 1 amide bonds. The topological polar surface area (TPSA) is 64.3 Å². The molecular formula is C14H13ClN2O2. The molecule has 0 bridgehead atoms. The van der Waals surface area contributed by atoms with Crippen molar-refractivity contribution in [2.75, 3.05) is 18.2 Å². The molecule has 0 spiro atoms.